The number of imide groups is 1. The van der Waals surface area contributed by atoms with E-state index in [0.717, 1.165) is 6.92 Å². The largest absolute Gasteiger partial charge is 0.481 e. The standard InChI is InChI=1S/C28H33N7O8/c1-17(36)34(21(15-22(37)38)24(39)32-23(26(41)42)19-11-6-3-7-12-19)35-25(40)20(13-8-14-31-27(29)30)33(28(35)43)16-18-9-4-2-5-10-18/h2-7,9-12,20-21,23H,8,13-16H2,1H3,(H,32,39)(H,37,38)(H,41,42)(H4,29,30,31)/t20-,21-,23-/m0/s1. The molecule has 0 radical (unpaired) electrons. The van der Waals surface area contributed by atoms with Gasteiger partial charge in [-0.1, -0.05) is 60.7 Å². The smallest absolute Gasteiger partial charge is 0.347 e. The summed E-state index contributed by atoms with van der Waals surface area (Å²) in [4.78, 5) is 82.9. The SMILES string of the molecule is CC(=O)N([C@@H](CC(=O)O)C(=O)N[C@H](C(=O)O)c1ccccc1)N1C(=O)[C@H](CCCN=C(N)N)N(Cc2ccccc2)C1=O. The van der Waals surface area contributed by atoms with Gasteiger partial charge in [-0.15, -0.1) is 0 Å². The van der Waals surface area contributed by atoms with Gasteiger partial charge in [0, 0.05) is 20.0 Å². The minimum Gasteiger partial charge on any atom is -0.481 e. The molecule has 3 atom stereocenters. The second-order valence-corrected chi connectivity index (χ2v) is 9.68. The van der Waals surface area contributed by atoms with E-state index in [4.69, 9.17) is 11.5 Å². The number of carboxylic acids is 2. The number of urea groups is 1. The summed E-state index contributed by atoms with van der Waals surface area (Å²) in [5.41, 5.74) is 11.6. The highest BCUT2D eigenvalue weighted by molar-refractivity contribution is 6.06. The van der Waals surface area contributed by atoms with E-state index in [0.29, 0.717) is 15.6 Å². The number of carbonyl (C=O) groups excluding carboxylic acids is 4. The van der Waals surface area contributed by atoms with Gasteiger partial charge in [0.1, 0.15) is 12.1 Å². The number of amides is 5. The van der Waals surface area contributed by atoms with Crippen molar-refractivity contribution < 1.29 is 39.0 Å². The highest BCUT2D eigenvalue weighted by Gasteiger charge is 2.51. The van der Waals surface area contributed by atoms with Crippen molar-refractivity contribution in [2.24, 2.45) is 16.5 Å². The second kappa shape index (κ2) is 14.4. The van der Waals surface area contributed by atoms with Crippen LogP contribution in [0.2, 0.25) is 0 Å². The Morgan fingerprint density at radius 2 is 1.60 bits per heavy atom. The van der Waals surface area contributed by atoms with Gasteiger partial charge in [-0.25, -0.2) is 14.6 Å². The van der Waals surface area contributed by atoms with Crippen molar-refractivity contribution in [3.63, 3.8) is 0 Å². The average Bonchev–Trinajstić information content (AvgIpc) is 3.17. The van der Waals surface area contributed by atoms with Crippen LogP contribution in [0.25, 0.3) is 0 Å². The minimum atomic E-state index is -1.95. The Morgan fingerprint density at radius 1 is 1.00 bits per heavy atom. The molecule has 1 aliphatic heterocycles. The van der Waals surface area contributed by atoms with Gasteiger partial charge >= 0.3 is 18.0 Å². The van der Waals surface area contributed by atoms with Crippen molar-refractivity contribution in [3.8, 4) is 0 Å². The fourth-order valence-corrected chi connectivity index (χ4v) is 4.68. The van der Waals surface area contributed by atoms with Crippen molar-refractivity contribution in [2.45, 2.75) is 50.9 Å². The number of hydrazine groups is 1. The number of guanidine groups is 1. The average molecular weight is 596 g/mol. The molecular formula is C28H33N7O8. The first-order valence-electron chi connectivity index (χ1n) is 13.3. The normalized spacial score (nSPS) is 15.9. The number of hydrogen-bond donors (Lipinski definition) is 5. The van der Waals surface area contributed by atoms with Gasteiger partial charge in [0.15, 0.2) is 12.0 Å². The van der Waals surface area contributed by atoms with E-state index in [1.165, 1.54) is 17.0 Å². The number of carbonyl (C=O) groups is 6. The number of nitrogens with zero attached hydrogens (tertiary/aromatic N) is 4. The molecule has 1 saturated heterocycles. The van der Waals surface area contributed by atoms with Crippen molar-refractivity contribution >= 4 is 41.7 Å². The number of rotatable bonds is 14. The van der Waals surface area contributed by atoms with E-state index in [1.54, 1.807) is 48.5 Å². The molecule has 0 aliphatic carbocycles. The van der Waals surface area contributed by atoms with E-state index >= 15 is 0 Å². The molecular weight excluding hydrogens is 562 g/mol. The fourth-order valence-electron chi connectivity index (χ4n) is 4.68. The predicted octanol–water partition coefficient (Wildman–Crippen LogP) is 0.422. The van der Waals surface area contributed by atoms with Crippen LogP contribution in [0.4, 0.5) is 4.79 Å². The number of hydrogen-bond acceptors (Lipinski definition) is 7. The number of carboxylic acid groups (broad SMARTS) is 2. The topological polar surface area (TPSA) is 229 Å². The molecule has 228 valence electrons. The lowest BCUT2D eigenvalue weighted by molar-refractivity contribution is -0.165. The van der Waals surface area contributed by atoms with E-state index in [1.807, 2.05) is 0 Å². The van der Waals surface area contributed by atoms with Gasteiger partial charge in [-0.2, -0.15) is 5.01 Å². The molecule has 0 spiro atoms. The minimum absolute atomic E-state index is 0.0362. The Morgan fingerprint density at radius 3 is 2.14 bits per heavy atom. The number of nitrogens with one attached hydrogen (secondary N) is 1. The molecule has 2 aromatic carbocycles. The summed E-state index contributed by atoms with van der Waals surface area (Å²) >= 11 is 0. The first kappa shape index (κ1) is 32.0. The van der Waals surface area contributed by atoms with Crippen LogP contribution in [0.1, 0.15) is 43.4 Å². The van der Waals surface area contributed by atoms with Crippen LogP contribution in [-0.4, -0.2) is 85.4 Å². The summed E-state index contributed by atoms with van der Waals surface area (Å²) in [6, 6.07) is 10.7. The Balaban J connectivity index is 1.99. The Kier molecular flexibility index (Phi) is 10.8. The number of aliphatic imine (C=N–C) groups is 1. The van der Waals surface area contributed by atoms with Gasteiger partial charge in [-0.05, 0) is 24.0 Å². The van der Waals surface area contributed by atoms with Crippen LogP contribution in [0.5, 0.6) is 0 Å². The first-order chi connectivity index (χ1) is 20.4. The number of benzene rings is 2. The maximum Gasteiger partial charge on any atom is 0.347 e. The van der Waals surface area contributed by atoms with Crippen molar-refractivity contribution in [1.29, 1.82) is 0 Å². The van der Waals surface area contributed by atoms with Crippen molar-refractivity contribution in [1.82, 2.24) is 20.2 Å². The zero-order valence-electron chi connectivity index (χ0n) is 23.3. The molecule has 5 amide bonds. The number of nitrogens with two attached hydrogens (primary N) is 2. The molecule has 0 saturated carbocycles. The number of aliphatic carboxylic acids is 2. The zero-order valence-corrected chi connectivity index (χ0v) is 23.3. The third-order valence-corrected chi connectivity index (χ3v) is 6.59. The van der Waals surface area contributed by atoms with Gasteiger partial charge in [0.2, 0.25) is 11.8 Å². The summed E-state index contributed by atoms with van der Waals surface area (Å²) in [5.74, 6) is -6.20. The lowest BCUT2D eigenvalue weighted by atomic mass is 10.1. The highest BCUT2D eigenvalue weighted by Crippen LogP contribution is 2.28. The molecule has 43 heavy (non-hydrogen) atoms. The van der Waals surface area contributed by atoms with Crippen LogP contribution >= 0.6 is 0 Å². The maximum atomic E-state index is 13.8. The lowest BCUT2D eigenvalue weighted by Gasteiger charge is -2.34. The molecule has 7 N–H and O–H groups in total. The van der Waals surface area contributed by atoms with Crippen LogP contribution < -0.4 is 16.8 Å². The van der Waals surface area contributed by atoms with Gasteiger partial charge in [0.05, 0.1) is 6.42 Å². The molecule has 0 bridgehead atoms. The molecule has 15 nitrogen and oxygen atoms in total. The summed E-state index contributed by atoms with van der Waals surface area (Å²) in [6.07, 6.45) is -0.671. The maximum absolute atomic E-state index is 13.8. The fraction of sp³-hybridized carbons (Fsp3) is 0.321. The summed E-state index contributed by atoms with van der Waals surface area (Å²) in [6.45, 7) is 1.07. The summed E-state index contributed by atoms with van der Waals surface area (Å²) < 4.78 is 0. The van der Waals surface area contributed by atoms with Gasteiger partial charge < -0.3 is 31.9 Å². The predicted molar refractivity (Wildman–Crippen MR) is 151 cm³/mol. The quantitative estimate of drug-likeness (QED) is 0.0874. The van der Waals surface area contributed by atoms with Crippen LogP contribution in [0.15, 0.2) is 65.7 Å². The molecule has 0 aromatic heterocycles. The monoisotopic (exact) mass is 595 g/mol. The molecule has 2 aromatic rings. The Hall–Kier alpha value is -5.47. The first-order valence-corrected chi connectivity index (χ1v) is 13.3. The molecule has 15 heteroatoms. The summed E-state index contributed by atoms with van der Waals surface area (Å²) in [5, 5.41) is 22.6. The van der Waals surface area contributed by atoms with Crippen molar-refractivity contribution in [2.75, 3.05) is 6.54 Å². The molecule has 1 heterocycles. The third-order valence-electron chi connectivity index (χ3n) is 6.59. The highest BCUT2D eigenvalue weighted by atomic mass is 16.4. The van der Waals surface area contributed by atoms with Gasteiger partial charge in [0.25, 0.3) is 5.91 Å². The Labute approximate surface area is 246 Å². The van der Waals surface area contributed by atoms with E-state index in [9.17, 15) is 39.0 Å². The van der Waals surface area contributed by atoms with Crippen LogP contribution in [-0.2, 0) is 30.5 Å². The second-order valence-electron chi connectivity index (χ2n) is 9.68. The van der Waals surface area contributed by atoms with Gasteiger partial charge in [-0.3, -0.25) is 24.2 Å². The molecule has 1 fully saturated rings. The van der Waals surface area contributed by atoms with Crippen LogP contribution in [0.3, 0.4) is 0 Å². The van der Waals surface area contributed by atoms with E-state index in [2.05, 4.69) is 10.3 Å². The van der Waals surface area contributed by atoms with E-state index < -0.39 is 60.2 Å². The molecule has 3 rings (SSSR count). The van der Waals surface area contributed by atoms with Crippen LogP contribution in [0, 0.1) is 0 Å². The zero-order chi connectivity index (χ0) is 31.7. The lowest BCUT2D eigenvalue weighted by Crippen LogP contribution is -2.60. The third kappa shape index (κ3) is 8.06. The van der Waals surface area contributed by atoms with Crippen molar-refractivity contribution in [3.05, 3.63) is 71.8 Å². The summed E-state index contributed by atoms with van der Waals surface area (Å²) in [7, 11) is 0. The Bertz CT molecular complexity index is 1380. The molecule has 1 aliphatic rings. The molecule has 0 unspecified atom stereocenters. The van der Waals surface area contributed by atoms with E-state index in [-0.39, 0.29) is 37.5 Å².